The van der Waals surface area contributed by atoms with E-state index in [4.69, 9.17) is 5.73 Å². The van der Waals surface area contributed by atoms with E-state index in [-0.39, 0.29) is 5.54 Å². The lowest BCUT2D eigenvalue weighted by Gasteiger charge is -2.49. The second-order valence-electron chi connectivity index (χ2n) is 7.94. The lowest BCUT2D eigenvalue weighted by molar-refractivity contribution is 0.00729. The average Bonchev–Trinajstić information content (AvgIpc) is 2.53. The first-order valence-electron chi connectivity index (χ1n) is 7.76. The number of hydrogen-bond acceptors (Lipinski definition) is 2. The molecule has 1 aliphatic carbocycles. The number of nitrogens with zero attached hydrogens (tertiary/aromatic N) is 1. The monoisotopic (exact) mass is 252 g/mol. The molecule has 1 aliphatic heterocycles. The van der Waals surface area contributed by atoms with E-state index in [1.807, 2.05) is 0 Å². The smallest absolute Gasteiger partial charge is 0.0362 e. The van der Waals surface area contributed by atoms with E-state index < -0.39 is 0 Å². The van der Waals surface area contributed by atoms with Gasteiger partial charge in [-0.1, -0.05) is 34.6 Å². The molecule has 2 nitrogen and oxygen atoms in total. The Morgan fingerprint density at radius 1 is 1.17 bits per heavy atom. The van der Waals surface area contributed by atoms with Gasteiger partial charge in [-0.2, -0.15) is 0 Å². The van der Waals surface area contributed by atoms with Crippen molar-refractivity contribution in [2.24, 2.45) is 28.9 Å². The Kier molecular flexibility index (Phi) is 3.81. The largest absolute Gasteiger partial charge is 0.329 e. The third-order valence-electron chi connectivity index (χ3n) is 5.88. The predicted molar refractivity (Wildman–Crippen MR) is 78.5 cm³/mol. The van der Waals surface area contributed by atoms with Gasteiger partial charge in [-0.15, -0.1) is 0 Å². The molecule has 1 heterocycles. The molecule has 0 bridgehead atoms. The van der Waals surface area contributed by atoms with Crippen LogP contribution in [0.2, 0.25) is 0 Å². The SMILES string of the molecule is CC1CCN(C2(CN)CC(C)(C)CC2C)CC1C. The standard InChI is InChI=1S/C16H32N2/c1-12-6-7-18(9-13(12)2)16(11-17)10-15(4,5)8-14(16)3/h12-14H,6-11,17H2,1-5H3. The third kappa shape index (κ3) is 2.34. The molecule has 2 heteroatoms. The number of hydrogen-bond donors (Lipinski definition) is 1. The van der Waals surface area contributed by atoms with Crippen LogP contribution in [0.5, 0.6) is 0 Å². The molecule has 2 aliphatic rings. The summed E-state index contributed by atoms with van der Waals surface area (Å²) in [6.45, 7) is 15.4. The maximum atomic E-state index is 6.25. The highest BCUT2D eigenvalue weighted by molar-refractivity contribution is 5.07. The van der Waals surface area contributed by atoms with Crippen LogP contribution in [0, 0.1) is 23.2 Å². The zero-order chi connectivity index (χ0) is 13.6. The molecule has 1 saturated heterocycles. The molecule has 0 amide bonds. The van der Waals surface area contributed by atoms with Crippen LogP contribution in [0.25, 0.3) is 0 Å². The molecule has 2 fully saturated rings. The van der Waals surface area contributed by atoms with Gasteiger partial charge in [0.05, 0.1) is 0 Å². The Hall–Kier alpha value is -0.0800. The number of rotatable bonds is 2. The third-order valence-corrected chi connectivity index (χ3v) is 5.88. The van der Waals surface area contributed by atoms with E-state index in [1.165, 1.54) is 32.4 Å². The van der Waals surface area contributed by atoms with Gasteiger partial charge >= 0.3 is 0 Å². The van der Waals surface area contributed by atoms with Crippen LogP contribution in [0.4, 0.5) is 0 Å². The van der Waals surface area contributed by atoms with Gasteiger partial charge in [0.25, 0.3) is 0 Å². The fourth-order valence-corrected chi connectivity index (χ4v) is 4.59. The number of nitrogens with two attached hydrogens (primary N) is 1. The van der Waals surface area contributed by atoms with Gasteiger partial charge in [-0.25, -0.2) is 0 Å². The van der Waals surface area contributed by atoms with E-state index >= 15 is 0 Å². The lowest BCUT2D eigenvalue weighted by atomic mass is 9.80. The second kappa shape index (κ2) is 4.79. The molecule has 1 saturated carbocycles. The normalized spacial score (nSPS) is 45.3. The van der Waals surface area contributed by atoms with Gasteiger partial charge in [0.15, 0.2) is 0 Å². The summed E-state index contributed by atoms with van der Waals surface area (Å²) in [6, 6.07) is 0. The van der Waals surface area contributed by atoms with E-state index in [0.717, 1.165) is 24.3 Å². The molecular weight excluding hydrogens is 220 g/mol. The van der Waals surface area contributed by atoms with Gasteiger partial charge in [0.1, 0.15) is 0 Å². The summed E-state index contributed by atoms with van der Waals surface area (Å²) < 4.78 is 0. The zero-order valence-corrected chi connectivity index (χ0v) is 13.0. The summed E-state index contributed by atoms with van der Waals surface area (Å²) in [4.78, 5) is 2.75. The van der Waals surface area contributed by atoms with Gasteiger partial charge < -0.3 is 5.73 Å². The maximum Gasteiger partial charge on any atom is 0.0362 e. The van der Waals surface area contributed by atoms with Gasteiger partial charge in [-0.05, 0) is 49.0 Å². The molecule has 4 atom stereocenters. The highest BCUT2D eigenvalue weighted by Crippen LogP contribution is 2.50. The first-order chi connectivity index (χ1) is 8.31. The lowest BCUT2D eigenvalue weighted by Crippen LogP contribution is -2.59. The molecule has 0 aromatic rings. The molecule has 0 radical (unpaired) electrons. The van der Waals surface area contributed by atoms with Crippen molar-refractivity contribution < 1.29 is 0 Å². The van der Waals surface area contributed by atoms with Crippen molar-refractivity contribution in [3.8, 4) is 0 Å². The second-order valence-corrected chi connectivity index (χ2v) is 7.94. The van der Waals surface area contributed by atoms with Crippen molar-refractivity contribution in [1.82, 2.24) is 4.90 Å². The van der Waals surface area contributed by atoms with Crippen molar-refractivity contribution in [3.05, 3.63) is 0 Å². The van der Waals surface area contributed by atoms with Crippen LogP contribution in [0.15, 0.2) is 0 Å². The van der Waals surface area contributed by atoms with E-state index in [1.54, 1.807) is 0 Å². The first-order valence-corrected chi connectivity index (χ1v) is 7.76. The molecule has 4 unspecified atom stereocenters. The topological polar surface area (TPSA) is 29.3 Å². The maximum absolute atomic E-state index is 6.25. The summed E-state index contributed by atoms with van der Waals surface area (Å²) in [6.07, 6.45) is 3.94. The van der Waals surface area contributed by atoms with Crippen LogP contribution < -0.4 is 5.73 Å². The number of piperidine rings is 1. The predicted octanol–water partition coefficient (Wildman–Crippen LogP) is 3.12. The Morgan fingerprint density at radius 2 is 1.83 bits per heavy atom. The highest BCUT2D eigenvalue weighted by atomic mass is 15.2. The van der Waals surface area contributed by atoms with Crippen molar-refractivity contribution in [2.45, 2.75) is 59.4 Å². The molecular formula is C16H32N2. The Labute approximate surface area is 113 Å². The zero-order valence-electron chi connectivity index (χ0n) is 13.0. The summed E-state index contributed by atoms with van der Waals surface area (Å²) in [5.41, 5.74) is 6.99. The fourth-order valence-electron chi connectivity index (χ4n) is 4.59. The molecule has 2 N–H and O–H groups in total. The first kappa shape index (κ1) is 14.3. The summed E-state index contributed by atoms with van der Waals surface area (Å²) in [5.74, 6) is 2.43. The minimum Gasteiger partial charge on any atom is -0.329 e. The van der Waals surface area contributed by atoms with Crippen molar-refractivity contribution in [2.75, 3.05) is 19.6 Å². The van der Waals surface area contributed by atoms with Crippen molar-refractivity contribution in [3.63, 3.8) is 0 Å². The van der Waals surface area contributed by atoms with Crippen LogP contribution in [0.3, 0.4) is 0 Å². The Balaban J connectivity index is 2.18. The van der Waals surface area contributed by atoms with Gasteiger partial charge in [0.2, 0.25) is 0 Å². The molecule has 0 aromatic heterocycles. The summed E-state index contributed by atoms with van der Waals surface area (Å²) >= 11 is 0. The van der Waals surface area contributed by atoms with Crippen LogP contribution in [0.1, 0.15) is 53.9 Å². The molecule has 106 valence electrons. The fraction of sp³-hybridized carbons (Fsp3) is 1.00. The van der Waals surface area contributed by atoms with Crippen molar-refractivity contribution in [1.29, 1.82) is 0 Å². The average molecular weight is 252 g/mol. The van der Waals surface area contributed by atoms with Crippen molar-refractivity contribution >= 4 is 0 Å². The number of likely N-dealkylation sites (tertiary alicyclic amines) is 1. The minimum atomic E-state index is 0.276. The van der Waals surface area contributed by atoms with E-state index in [2.05, 4.69) is 39.5 Å². The highest BCUT2D eigenvalue weighted by Gasteiger charge is 2.51. The van der Waals surface area contributed by atoms with Crippen LogP contribution >= 0.6 is 0 Å². The van der Waals surface area contributed by atoms with Crippen LogP contribution in [-0.4, -0.2) is 30.1 Å². The summed E-state index contributed by atoms with van der Waals surface area (Å²) in [5, 5.41) is 0. The van der Waals surface area contributed by atoms with Gasteiger partial charge in [-0.3, -0.25) is 4.90 Å². The van der Waals surface area contributed by atoms with E-state index in [9.17, 15) is 0 Å². The molecule has 18 heavy (non-hydrogen) atoms. The van der Waals surface area contributed by atoms with E-state index in [0.29, 0.717) is 5.41 Å². The molecule has 0 aromatic carbocycles. The van der Waals surface area contributed by atoms with Gasteiger partial charge in [0, 0.05) is 18.6 Å². The summed E-state index contributed by atoms with van der Waals surface area (Å²) in [7, 11) is 0. The Morgan fingerprint density at radius 3 is 2.28 bits per heavy atom. The van der Waals surface area contributed by atoms with Crippen LogP contribution in [-0.2, 0) is 0 Å². The molecule has 0 spiro atoms. The Bertz CT molecular complexity index is 299. The minimum absolute atomic E-state index is 0.276. The quantitative estimate of drug-likeness (QED) is 0.818. The molecule has 2 rings (SSSR count).